The number of anilines is 1. The number of ether oxygens (including phenoxy) is 1. The summed E-state index contributed by atoms with van der Waals surface area (Å²) in [6.07, 6.45) is 0. The Morgan fingerprint density at radius 2 is 1.61 bits per heavy atom. The van der Waals surface area contributed by atoms with Crippen LogP contribution in [0.5, 0.6) is 0 Å². The molecule has 0 aliphatic carbocycles. The average Bonchev–Trinajstić information content (AvgIpc) is 2.82. The molecule has 2 aliphatic rings. The summed E-state index contributed by atoms with van der Waals surface area (Å²) in [6.45, 7) is 1.77. The van der Waals surface area contributed by atoms with Gasteiger partial charge in [-0.1, -0.05) is 36.4 Å². The summed E-state index contributed by atoms with van der Waals surface area (Å²) in [5.41, 5.74) is 1.10. The van der Waals surface area contributed by atoms with Gasteiger partial charge in [-0.15, -0.1) is 0 Å². The molecule has 0 bridgehead atoms. The number of amides is 1. The van der Waals surface area contributed by atoms with Crippen LogP contribution in [0.25, 0.3) is 0 Å². The van der Waals surface area contributed by atoms with E-state index >= 15 is 0 Å². The second kappa shape index (κ2) is 9.90. The van der Waals surface area contributed by atoms with Gasteiger partial charge in [-0.3, -0.25) is 9.69 Å². The highest BCUT2D eigenvalue weighted by atomic mass is 32.2. The third-order valence-corrected chi connectivity index (χ3v) is 9.32. The molecule has 4 rings (SSSR count). The van der Waals surface area contributed by atoms with Gasteiger partial charge in [0.15, 0.2) is 9.84 Å². The number of morpholine rings is 1. The zero-order chi connectivity index (χ0) is 23.5. The van der Waals surface area contributed by atoms with Crippen molar-refractivity contribution in [3.8, 4) is 0 Å². The number of sulfonamides is 1. The number of hydrogen-bond donors (Lipinski definition) is 1. The van der Waals surface area contributed by atoms with Gasteiger partial charge in [0, 0.05) is 31.9 Å². The minimum Gasteiger partial charge on any atom is -0.379 e. The first-order valence-corrected chi connectivity index (χ1v) is 14.0. The molecule has 11 heteroatoms. The van der Waals surface area contributed by atoms with E-state index in [0.29, 0.717) is 18.9 Å². The van der Waals surface area contributed by atoms with Gasteiger partial charge in [0.1, 0.15) is 6.04 Å². The maximum absolute atomic E-state index is 13.4. The maximum Gasteiger partial charge on any atom is 0.246 e. The van der Waals surface area contributed by atoms with E-state index in [4.69, 9.17) is 4.74 Å². The topological polar surface area (TPSA) is 113 Å². The Labute approximate surface area is 194 Å². The van der Waals surface area contributed by atoms with Crippen molar-refractivity contribution >= 4 is 31.5 Å². The molecule has 2 aromatic rings. The fraction of sp³-hybridized carbons (Fsp3) is 0.409. The number of nitrogens with zero attached hydrogens (tertiary/aromatic N) is 2. The van der Waals surface area contributed by atoms with Crippen LogP contribution < -0.4 is 5.32 Å². The molecule has 2 heterocycles. The predicted molar refractivity (Wildman–Crippen MR) is 124 cm³/mol. The second-order valence-corrected chi connectivity index (χ2v) is 12.3. The Balaban J connectivity index is 1.56. The predicted octanol–water partition coefficient (Wildman–Crippen LogP) is 1.12. The van der Waals surface area contributed by atoms with Crippen LogP contribution >= 0.6 is 0 Å². The SMILES string of the molecule is O=C(Nc1cccc(S(=O)(=O)N2CCOCC2)c1)C(c1ccccc1)N1CCS(=O)(=O)CC1. The molecule has 2 fully saturated rings. The lowest BCUT2D eigenvalue weighted by Crippen LogP contribution is -2.46. The number of hydrogen-bond acceptors (Lipinski definition) is 7. The Bertz CT molecular complexity index is 1180. The molecule has 33 heavy (non-hydrogen) atoms. The Kier molecular flexibility index (Phi) is 7.15. The summed E-state index contributed by atoms with van der Waals surface area (Å²) in [6, 6.07) is 14.6. The fourth-order valence-electron chi connectivity index (χ4n) is 4.03. The first-order valence-electron chi connectivity index (χ1n) is 10.7. The van der Waals surface area contributed by atoms with Gasteiger partial charge in [-0.05, 0) is 23.8 Å². The van der Waals surface area contributed by atoms with Crippen molar-refractivity contribution in [2.24, 2.45) is 0 Å². The highest BCUT2D eigenvalue weighted by Gasteiger charge is 2.33. The van der Waals surface area contributed by atoms with Gasteiger partial charge in [-0.2, -0.15) is 4.31 Å². The lowest BCUT2D eigenvalue weighted by Gasteiger charge is -2.33. The van der Waals surface area contributed by atoms with Crippen LogP contribution in [-0.4, -0.2) is 82.8 Å². The molecule has 1 amide bonds. The number of benzene rings is 2. The molecule has 0 aromatic heterocycles. The van der Waals surface area contributed by atoms with E-state index in [1.807, 2.05) is 35.2 Å². The second-order valence-electron chi connectivity index (χ2n) is 8.03. The van der Waals surface area contributed by atoms with E-state index in [1.54, 1.807) is 12.1 Å². The van der Waals surface area contributed by atoms with Crippen molar-refractivity contribution in [1.29, 1.82) is 0 Å². The summed E-state index contributed by atoms with van der Waals surface area (Å²) in [5.74, 6) is -0.352. The molecule has 0 radical (unpaired) electrons. The number of nitrogens with one attached hydrogen (secondary N) is 1. The van der Waals surface area contributed by atoms with Gasteiger partial charge in [0.2, 0.25) is 15.9 Å². The van der Waals surface area contributed by atoms with Crippen molar-refractivity contribution in [2.75, 3.05) is 56.2 Å². The molecule has 0 saturated carbocycles. The lowest BCUT2D eigenvalue weighted by molar-refractivity contribution is -0.121. The smallest absolute Gasteiger partial charge is 0.246 e. The van der Waals surface area contributed by atoms with Crippen LogP contribution in [0.15, 0.2) is 59.5 Å². The number of carbonyl (C=O) groups is 1. The molecule has 1 unspecified atom stereocenters. The minimum absolute atomic E-state index is 0.00308. The van der Waals surface area contributed by atoms with Crippen LogP contribution in [0.3, 0.4) is 0 Å². The highest BCUT2D eigenvalue weighted by molar-refractivity contribution is 7.91. The molecule has 178 valence electrons. The van der Waals surface area contributed by atoms with Gasteiger partial charge >= 0.3 is 0 Å². The van der Waals surface area contributed by atoms with E-state index < -0.39 is 25.9 Å². The number of sulfone groups is 1. The Hall–Kier alpha value is -2.31. The van der Waals surface area contributed by atoms with Gasteiger partial charge < -0.3 is 10.1 Å². The van der Waals surface area contributed by atoms with Crippen molar-refractivity contribution in [1.82, 2.24) is 9.21 Å². The van der Waals surface area contributed by atoms with Gasteiger partial charge in [0.25, 0.3) is 0 Å². The minimum atomic E-state index is -3.70. The first kappa shape index (κ1) is 23.8. The summed E-state index contributed by atoms with van der Waals surface area (Å²) >= 11 is 0. The number of carbonyl (C=O) groups excluding carboxylic acids is 1. The van der Waals surface area contributed by atoms with E-state index in [-0.39, 0.29) is 48.5 Å². The molecular formula is C22H27N3O6S2. The van der Waals surface area contributed by atoms with Crippen molar-refractivity contribution in [3.05, 3.63) is 60.2 Å². The molecule has 1 N–H and O–H groups in total. The molecule has 9 nitrogen and oxygen atoms in total. The van der Waals surface area contributed by atoms with Crippen LogP contribution in [0, 0.1) is 0 Å². The normalized spacial score (nSPS) is 20.7. The van der Waals surface area contributed by atoms with Crippen LogP contribution in [0.4, 0.5) is 5.69 Å². The zero-order valence-corrected chi connectivity index (χ0v) is 19.7. The largest absolute Gasteiger partial charge is 0.379 e. The maximum atomic E-state index is 13.4. The monoisotopic (exact) mass is 493 g/mol. The van der Waals surface area contributed by atoms with Crippen molar-refractivity contribution in [3.63, 3.8) is 0 Å². The van der Waals surface area contributed by atoms with Crippen LogP contribution in [-0.2, 0) is 29.4 Å². The molecule has 2 saturated heterocycles. The molecule has 2 aliphatic heterocycles. The third kappa shape index (κ3) is 5.61. The summed E-state index contributed by atoms with van der Waals surface area (Å²) < 4.78 is 56.3. The van der Waals surface area contributed by atoms with E-state index in [1.165, 1.54) is 16.4 Å². The Morgan fingerprint density at radius 3 is 2.27 bits per heavy atom. The quantitative estimate of drug-likeness (QED) is 0.642. The lowest BCUT2D eigenvalue weighted by atomic mass is 10.0. The van der Waals surface area contributed by atoms with E-state index in [9.17, 15) is 21.6 Å². The summed E-state index contributed by atoms with van der Waals surface area (Å²) in [5, 5.41) is 2.84. The van der Waals surface area contributed by atoms with Crippen molar-refractivity contribution in [2.45, 2.75) is 10.9 Å². The first-order chi connectivity index (χ1) is 15.8. The summed E-state index contributed by atoms with van der Waals surface area (Å²) in [4.78, 5) is 15.3. The zero-order valence-electron chi connectivity index (χ0n) is 18.1. The van der Waals surface area contributed by atoms with Gasteiger partial charge in [0.05, 0.1) is 29.6 Å². The van der Waals surface area contributed by atoms with Gasteiger partial charge in [-0.25, -0.2) is 16.8 Å². The molecule has 1 atom stereocenters. The number of rotatable bonds is 6. The van der Waals surface area contributed by atoms with Crippen molar-refractivity contribution < 1.29 is 26.4 Å². The average molecular weight is 494 g/mol. The standard InChI is InChI=1S/C22H27N3O6S2/c26-22(21(18-5-2-1-3-6-18)24-11-15-32(27,28)16-12-24)23-19-7-4-8-20(17-19)33(29,30)25-9-13-31-14-10-25/h1-8,17,21H,9-16H2,(H,23,26). The third-order valence-electron chi connectivity index (χ3n) is 5.82. The van der Waals surface area contributed by atoms with E-state index in [0.717, 1.165) is 5.56 Å². The fourth-order valence-corrected chi connectivity index (χ4v) is 6.71. The molecule has 2 aromatic carbocycles. The Morgan fingerprint density at radius 1 is 0.939 bits per heavy atom. The highest BCUT2D eigenvalue weighted by Crippen LogP contribution is 2.26. The van der Waals surface area contributed by atoms with E-state index in [2.05, 4.69) is 5.32 Å². The van der Waals surface area contributed by atoms with Crippen LogP contribution in [0.1, 0.15) is 11.6 Å². The molecule has 0 spiro atoms. The molecular weight excluding hydrogens is 466 g/mol. The summed E-state index contributed by atoms with van der Waals surface area (Å²) in [7, 11) is -6.80. The van der Waals surface area contributed by atoms with Crippen LogP contribution in [0.2, 0.25) is 0 Å².